The highest BCUT2D eigenvalue weighted by Gasteiger charge is 2.33. The van der Waals surface area contributed by atoms with Crippen LogP contribution in [0.15, 0.2) is 59.5 Å². The van der Waals surface area contributed by atoms with Crippen LogP contribution in [0.4, 0.5) is 13.2 Å². The van der Waals surface area contributed by atoms with E-state index in [0.717, 1.165) is 41.3 Å². The molecule has 1 amide bonds. The lowest BCUT2D eigenvalue weighted by Crippen LogP contribution is -2.50. The van der Waals surface area contributed by atoms with Gasteiger partial charge in [0.1, 0.15) is 5.75 Å². The molecule has 0 aliphatic carbocycles. The van der Waals surface area contributed by atoms with Gasteiger partial charge in [-0.05, 0) is 68.4 Å². The molecule has 1 saturated heterocycles. The summed E-state index contributed by atoms with van der Waals surface area (Å²) in [4.78, 5) is 14.4. The summed E-state index contributed by atoms with van der Waals surface area (Å²) in [7, 11) is -3.93. The summed E-state index contributed by atoms with van der Waals surface area (Å²) in [5.74, 6) is -0.716. The van der Waals surface area contributed by atoms with Crippen molar-refractivity contribution in [1.29, 1.82) is 0 Å². The number of halogens is 3. The third-order valence-electron chi connectivity index (χ3n) is 5.59. The zero-order chi connectivity index (χ0) is 25.4. The molecule has 4 rings (SSSR count). The minimum atomic E-state index is -4.86. The Morgan fingerprint density at radius 1 is 0.943 bits per heavy atom. The first-order valence-electron chi connectivity index (χ1n) is 10.7. The van der Waals surface area contributed by atoms with E-state index in [4.69, 9.17) is 0 Å². The summed E-state index contributed by atoms with van der Waals surface area (Å²) in [6.45, 7) is 4.35. The van der Waals surface area contributed by atoms with Gasteiger partial charge in [-0.25, -0.2) is 13.1 Å². The zero-order valence-electron chi connectivity index (χ0n) is 19.0. The summed E-state index contributed by atoms with van der Waals surface area (Å²) in [5.41, 5.74) is 3.17. The number of alkyl halides is 3. The number of hydrogen-bond acceptors (Lipinski definition) is 5. The van der Waals surface area contributed by atoms with Crippen LogP contribution in [0.25, 0.3) is 5.69 Å². The Labute approximate surface area is 200 Å². The molecule has 1 aliphatic heterocycles. The van der Waals surface area contributed by atoms with Gasteiger partial charge in [0.2, 0.25) is 10.0 Å². The Balaban J connectivity index is 1.39. The first-order valence-corrected chi connectivity index (χ1v) is 12.2. The summed E-state index contributed by atoms with van der Waals surface area (Å²) in [6.07, 6.45) is -4.86. The molecule has 8 nitrogen and oxygen atoms in total. The Bertz CT molecular complexity index is 1310. The van der Waals surface area contributed by atoms with E-state index in [2.05, 4.69) is 9.84 Å². The fourth-order valence-corrected chi connectivity index (χ4v) is 5.33. The number of carbonyl (C=O) groups excluding carboxylic acids is 1. The van der Waals surface area contributed by atoms with Crippen molar-refractivity contribution in [2.45, 2.75) is 25.1 Å². The second kappa shape index (κ2) is 9.34. The van der Waals surface area contributed by atoms with Crippen molar-refractivity contribution in [3.05, 3.63) is 71.5 Å². The molecule has 0 saturated carbocycles. The van der Waals surface area contributed by atoms with Crippen molar-refractivity contribution in [2.75, 3.05) is 26.2 Å². The third-order valence-corrected chi connectivity index (χ3v) is 7.50. The van der Waals surface area contributed by atoms with E-state index in [-0.39, 0.29) is 37.0 Å². The molecule has 12 heteroatoms. The Hall–Kier alpha value is -3.38. The van der Waals surface area contributed by atoms with Crippen LogP contribution in [0.2, 0.25) is 0 Å². The van der Waals surface area contributed by atoms with Gasteiger partial charge < -0.3 is 9.64 Å². The summed E-state index contributed by atoms with van der Waals surface area (Å²) < 4.78 is 69.5. The predicted molar refractivity (Wildman–Crippen MR) is 121 cm³/mol. The predicted octanol–water partition coefficient (Wildman–Crippen LogP) is 3.53. The highest BCUT2D eigenvalue weighted by Crippen LogP contribution is 2.26. The van der Waals surface area contributed by atoms with Crippen molar-refractivity contribution in [3.8, 4) is 11.4 Å². The number of nitrogens with zero attached hydrogens (tertiary/aromatic N) is 4. The number of hydrogen-bond donors (Lipinski definition) is 0. The standard InChI is InChI=1S/C23H23F3N4O4S/c1-16-15-17(2)30(27-16)19-5-3-18(4-6-19)22(31)28-11-13-29(14-12-28)35(32,33)21-9-7-20(8-10-21)34-23(24,25)26/h3-10,15H,11-14H2,1-2H3. The number of aromatic nitrogens is 2. The molecule has 2 aromatic carbocycles. The SMILES string of the molecule is Cc1cc(C)n(-c2ccc(C(=O)N3CCN(S(=O)(=O)c4ccc(OC(F)(F)F)cc4)CC3)cc2)n1. The van der Waals surface area contributed by atoms with E-state index >= 15 is 0 Å². The molecule has 1 aromatic heterocycles. The second-order valence-corrected chi connectivity index (χ2v) is 10.0. The summed E-state index contributed by atoms with van der Waals surface area (Å²) >= 11 is 0. The Kier molecular flexibility index (Phi) is 6.60. The van der Waals surface area contributed by atoms with Crippen LogP contribution in [-0.4, -0.2) is 65.9 Å². The number of aryl methyl sites for hydroxylation is 2. The van der Waals surface area contributed by atoms with Crippen LogP contribution in [0.5, 0.6) is 5.75 Å². The van der Waals surface area contributed by atoms with Crippen molar-refractivity contribution in [2.24, 2.45) is 0 Å². The molecule has 0 spiro atoms. The summed E-state index contributed by atoms with van der Waals surface area (Å²) in [6, 6.07) is 13.0. The molecule has 0 N–H and O–H groups in total. The lowest BCUT2D eigenvalue weighted by atomic mass is 10.1. The van der Waals surface area contributed by atoms with E-state index < -0.39 is 22.1 Å². The van der Waals surface area contributed by atoms with Gasteiger partial charge in [0.25, 0.3) is 5.91 Å². The van der Waals surface area contributed by atoms with E-state index in [1.165, 1.54) is 4.31 Å². The van der Waals surface area contributed by atoms with E-state index in [9.17, 15) is 26.4 Å². The number of ether oxygens (including phenoxy) is 1. The van der Waals surface area contributed by atoms with Gasteiger partial charge in [-0.1, -0.05) is 0 Å². The highest BCUT2D eigenvalue weighted by atomic mass is 32.2. The largest absolute Gasteiger partial charge is 0.573 e. The number of piperazine rings is 1. The quantitative estimate of drug-likeness (QED) is 0.527. The molecule has 35 heavy (non-hydrogen) atoms. The first kappa shape index (κ1) is 24.7. The fourth-order valence-electron chi connectivity index (χ4n) is 3.91. The third kappa shape index (κ3) is 5.49. The monoisotopic (exact) mass is 508 g/mol. The minimum absolute atomic E-state index is 0.0682. The number of carbonyl (C=O) groups is 1. The summed E-state index contributed by atoms with van der Waals surface area (Å²) in [5, 5.41) is 4.42. The van der Waals surface area contributed by atoms with Crippen LogP contribution >= 0.6 is 0 Å². The van der Waals surface area contributed by atoms with Crippen molar-refractivity contribution in [1.82, 2.24) is 19.0 Å². The van der Waals surface area contributed by atoms with Crippen LogP contribution < -0.4 is 4.74 Å². The molecular weight excluding hydrogens is 485 g/mol. The maximum atomic E-state index is 12.9. The van der Waals surface area contributed by atoms with Gasteiger partial charge in [0, 0.05) is 37.4 Å². The lowest BCUT2D eigenvalue weighted by Gasteiger charge is -2.34. The van der Waals surface area contributed by atoms with Gasteiger partial charge in [-0.2, -0.15) is 9.40 Å². The maximum absolute atomic E-state index is 12.9. The minimum Gasteiger partial charge on any atom is -0.406 e. The molecule has 3 aromatic rings. The van der Waals surface area contributed by atoms with Crippen molar-refractivity contribution in [3.63, 3.8) is 0 Å². The fraction of sp³-hybridized carbons (Fsp3) is 0.304. The number of sulfonamides is 1. The van der Waals surface area contributed by atoms with Gasteiger partial charge in [-0.3, -0.25) is 4.79 Å². The molecule has 1 aliphatic rings. The van der Waals surface area contributed by atoms with Crippen LogP contribution in [0.3, 0.4) is 0 Å². The van der Waals surface area contributed by atoms with E-state index in [0.29, 0.717) is 5.56 Å². The molecule has 0 unspecified atom stereocenters. The van der Waals surface area contributed by atoms with Gasteiger partial charge >= 0.3 is 6.36 Å². The average Bonchev–Trinajstić information content (AvgIpc) is 3.16. The smallest absolute Gasteiger partial charge is 0.406 e. The zero-order valence-corrected chi connectivity index (χ0v) is 19.8. The Morgan fingerprint density at radius 2 is 1.54 bits per heavy atom. The molecule has 186 valence electrons. The van der Waals surface area contributed by atoms with Crippen LogP contribution in [-0.2, 0) is 10.0 Å². The van der Waals surface area contributed by atoms with Crippen LogP contribution in [0, 0.1) is 13.8 Å². The maximum Gasteiger partial charge on any atom is 0.573 e. The van der Waals surface area contributed by atoms with Crippen LogP contribution in [0.1, 0.15) is 21.7 Å². The normalized spacial score (nSPS) is 15.3. The number of rotatable bonds is 5. The average molecular weight is 509 g/mol. The molecule has 0 bridgehead atoms. The highest BCUT2D eigenvalue weighted by molar-refractivity contribution is 7.89. The molecule has 1 fully saturated rings. The van der Waals surface area contributed by atoms with Gasteiger partial charge in [0.15, 0.2) is 0 Å². The second-order valence-electron chi connectivity index (χ2n) is 8.10. The van der Waals surface area contributed by atoms with Crippen molar-refractivity contribution >= 4 is 15.9 Å². The molecule has 0 atom stereocenters. The first-order chi connectivity index (χ1) is 16.4. The van der Waals surface area contributed by atoms with Gasteiger partial charge in [-0.15, -0.1) is 13.2 Å². The molecule has 0 radical (unpaired) electrons. The Morgan fingerprint density at radius 3 is 2.06 bits per heavy atom. The van der Waals surface area contributed by atoms with E-state index in [1.54, 1.807) is 33.8 Å². The lowest BCUT2D eigenvalue weighted by molar-refractivity contribution is -0.274. The van der Waals surface area contributed by atoms with Crippen molar-refractivity contribution < 1.29 is 31.1 Å². The number of amides is 1. The number of benzene rings is 2. The topological polar surface area (TPSA) is 84.7 Å². The van der Waals surface area contributed by atoms with Gasteiger partial charge in [0.05, 0.1) is 16.3 Å². The van der Waals surface area contributed by atoms with E-state index in [1.807, 2.05) is 19.9 Å². The molecule has 2 heterocycles. The molecular formula is C23H23F3N4O4S.